The number of carbonyl (C=O) groups excluding carboxylic acids is 2. The van der Waals surface area contributed by atoms with Gasteiger partial charge < -0.3 is 10.1 Å². The molecule has 0 unspecified atom stereocenters. The monoisotopic (exact) mass is 346 g/mol. The van der Waals surface area contributed by atoms with E-state index in [4.69, 9.17) is 4.74 Å². The number of hydrogen-bond acceptors (Lipinski definition) is 4. The Bertz CT molecular complexity index is 519. The van der Waals surface area contributed by atoms with Gasteiger partial charge in [-0.05, 0) is 44.3 Å². The summed E-state index contributed by atoms with van der Waals surface area (Å²) in [5.41, 5.74) is 0.929. The second kappa shape index (κ2) is 11.6. The van der Waals surface area contributed by atoms with Gasteiger partial charge in [0, 0.05) is 13.0 Å². The number of hydrogen-bond donors (Lipinski definition) is 1. The lowest BCUT2D eigenvalue weighted by molar-refractivity contribution is -0.129. The highest BCUT2D eigenvalue weighted by Gasteiger charge is 2.22. The molecule has 2 amide bonds. The van der Waals surface area contributed by atoms with E-state index in [9.17, 15) is 9.59 Å². The molecule has 2 rings (SSSR count). The summed E-state index contributed by atoms with van der Waals surface area (Å²) in [6, 6.07) is 9.55. The molecule has 0 aromatic heterocycles. The van der Waals surface area contributed by atoms with Gasteiger partial charge in [0.25, 0.3) is 0 Å². The number of amides is 2. The van der Waals surface area contributed by atoms with Crippen molar-refractivity contribution in [2.45, 2.75) is 58.0 Å². The minimum absolute atomic E-state index is 0.108. The molecule has 1 N–H and O–H groups in total. The summed E-state index contributed by atoms with van der Waals surface area (Å²) < 4.78 is 5.36. The van der Waals surface area contributed by atoms with Gasteiger partial charge >= 0.3 is 6.09 Å². The maximum atomic E-state index is 12.4. The zero-order valence-electron chi connectivity index (χ0n) is 15.0. The Hall–Kier alpha value is -1.88. The topological polar surface area (TPSA) is 58.6 Å². The molecule has 25 heavy (non-hydrogen) atoms. The van der Waals surface area contributed by atoms with Crippen LogP contribution in [-0.2, 0) is 16.1 Å². The van der Waals surface area contributed by atoms with Gasteiger partial charge in [0.1, 0.15) is 6.61 Å². The van der Waals surface area contributed by atoms with Crippen LogP contribution in [0.1, 0.15) is 56.9 Å². The number of ether oxygens (including phenoxy) is 1. The molecule has 1 aromatic rings. The van der Waals surface area contributed by atoms with Crippen molar-refractivity contribution in [3.8, 4) is 0 Å². The Balaban J connectivity index is 1.87. The predicted octanol–water partition coefficient (Wildman–Crippen LogP) is 3.88. The Morgan fingerprint density at radius 2 is 1.64 bits per heavy atom. The van der Waals surface area contributed by atoms with Crippen LogP contribution in [0.5, 0.6) is 0 Å². The van der Waals surface area contributed by atoms with Crippen LogP contribution in [0, 0.1) is 0 Å². The second-order valence-corrected chi connectivity index (χ2v) is 6.56. The maximum Gasteiger partial charge on any atom is 0.416 e. The number of rotatable bonds is 2. The van der Waals surface area contributed by atoms with Crippen LogP contribution >= 0.6 is 0 Å². The van der Waals surface area contributed by atoms with Crippen LogP contribution in [0.3, 0.4) is 0 Å². The van der Waals surface area contributed by atoms with E-state index in [1.165, 1.54) is 4.90 Å². The van der Waals surface area contributed by atoms with E-state index in [0.29, 0.717) is 13.0 Å². The molecule has 0 spiro atoms. The third-order valence-corrected chi connectivity index (χ3v) is 4.46. The molecular formula is C20H30N2O3. The molecule has 138 valence electrons. The van der Waals surface area contributed by atoms with Gasteiger partial charge in [0.15, 0.2) is 0 Å². The van der Waals surface area contributed by atoms with Gasteiger partial charge in [-0.1, -0.05) is 49.6 Å². The zero-order chi connectivity index (χ0) is 17.7. The van der Waals surface area contributed by atoms with E-state index in [0.717, 1.165) is 63.6 Å². The molecule has 1 heterocycles. The van der Waals surface area contributed by atoms with Crippen molar-refractivity contribution in [2.24, 2.45) is 0 Å². The lowest BCUT2D eigenvalue weighted by Gasteiger charge is -2.21. The molecule has 1 fully saturated rings. The summed E-state index contributed by atoms with van der Waals surface area (Å²) in [5, 5.41) is 3.44. The first-order chi connectivity index (χ1) is 12.3. The van der Waals surface area contributed by atoms with Crippen LogP contribution < -0.4 is 5.32 Å². The second-order valence-electron chi connectivity index (χ2n) is 6.56. The summed E-state index contributed by atoms with van der Waals surface area (Å²) in [6.45, 7) is 2.73. The zero-order valence-corrected chi connectivity index (χ0v) is 15.0. The summed E-state index contributed by atoms with van der Waals surface area (Å²) in [5.74, 6) is -0.108. The molecule has 0 saturated carbocycles. The smallest absolute Gasteiger partial charge is 0.416 e. The molecule has 0 atom stereocenters. The highest BCUT2D eigenvalue weighted by molar-refractivity contribution is 5.91. The van der Waals surface area contributed by atoms with Gasteiger partial charge in [-0.2, -0.15) is 0 Å². The molecule has 1 aliphatic rings. The maximum absolute atomic E-state index is 12.4. The summed E-state index contributed by atoms with van der Waals surface area (Å²) in [6.07, 6.45) is 6.94. The van der Waals surface area contributed by atoms with Crippen molar-refractivity contribution in [3.63, 3.8) is 0 Å². The van der Waals surface area contributed by atoms with Gasteiger partial charge in [-0.25, -0.2) is 9.69 Å². The normalized spacial score (nSPS) is 18.4. The molecule has 1 aromatic carbocycles. The van der Waals surface area contributed by atoms with Crippen LogP contribution in [0.25, 0.3) is 0 Å². The Labute approximate surface area is 150 Å². The van der Waals surface area contributed by atoms with Crippen molar-refractivity contribution >= 4 is 12.0 Å². The van der Waals surface area contributed by atoms with E-state index in [1.54, 1.807) is 0 Å². The SMILES string of the molecule is O=C1CCCCCNCCCCCCN1C(=O)OCc1ccccc1. The molecule has 5 nitrogen and oxygen atoms in total. The molecule has 1 aliphatic heterocycles. The Kier molecular flexibility index (Phi) is 9.05. The van der Waals surface area contributed by atoms with E-state index >= 15 is 0 Å². The Morgan fingerprint density at radius 3 is 2.40 bits per heavy atom. The molecular weight excluding hydrogens is 316 g/mol. The van der Waals surface area contributed by atoms with Gasteiger partial charge in [0.2, 0.25) is 5.91 Å². The minimum Gasteiger partial charge on any atom is -0.444 e. The predicted molar refractivity (Wildman–Crippen MR) is 98.1 cm³/mol. The molecule has 1 saturated heterocycles. The van der Waals surface area contributed by atoms with E-state index in [-0.39, 0.29) is 12.5 Å². The first-order valence-electron chi connectivity index (χ1n) is 9.49. The van der Waals surface area contributed by atoms with Crippen molar-refractivity contribution in [1.29, 1.82) is 0 Å². The standard InChI is InChI=1S/C20H30N2O3/c23-19-13-7-4-9-15-21-14-8-1-2-10-16-22(19)20(24)25-17-18-11-5-3-6-12-18/h3,5-6,11-12,21H,1-2,4,7-10,13-17H2. The fraction of sp³-hybridized carbons (Fsp3) is 0.600. The molecule has 0 bridgehead atoms. The minimum atomic E-state index is -0.511. The third-order valence-electron chi connectivity index (χ3n) is 4.46. The molecule has 5 heteroatoms. The average molecular weight is 346 g/mol. The number of nitrogens with one attached hydrogen (secondary N) is 1. The average Bonchev–Trinajstić information content (AvgIpc) is 2.64. The number of carbonyl (C=O) groups is 2. The van der Waals surface area contributed by atoms with Crippen molar-refractivity contribution in [2.75, 3.05) is 19.6 Å². The largest absolute Gasteiger partial charge is 0.444 e. The van der Waals surface area contributed by atoms with Gasteiger partial charge in [-0.15, -0.1) is 0 Å². The van der Waals surface area contributed by atoms with E-state index in [2.05, 4.69) is 5.32 Å². The number of benzene rings is 1. The fourth-order valence-corrected chi connectivity index (χ4v) is 2.95. The summed E-state index contributed by atoms with van der Waals surface area (Å²) in [7, 11) is 0. The summed E-state index contributed by atoms with van der Waals surface area (Å²) in [4.78, 5) is 26.2. The molecule has 0 aliphatic carbocycles. The number of nitrogens with zero attached hydrogens (tertiary/aromatic N) is 1. The van der Waals surface area contributed by atoms with Crippen LogP contribution in [-0.4, -0.2) is 36.5 Å². The van der Waals surface area contributed by atoms with Crippen molar-refractivity contribution < 1.29 is 14.3 Å². The quantitative estimate of drug-likeness (QED) is 0.883. The lowest BCUT2D eigenvalue weighted by atomic mass is 10.1. The van der Waals surface area contributed by atoms with Crippen molar-refractivity contribution in [1.82, 2.24) is 10.2 Å². The van der Waals surface area contributed by atoms with Crippen LogP contribution in [0.2, 0.25) is 0 Å². The molecule has 0 radical (unpaired) electrons. The van der Waals surface area contributed by atoms with Gasteiger partial charge in [-0.3, -0.25) is 4.79 Å². The van der Waals surface area contributed by atoms with Crippen LogP contribution in [0.4, 0.5) is 4.79 Å². The third kappa shape index (κ3) is 7.69. The van der Waals surface area contributed by atoms with Gasteiger partial charge in [0.05, 0.1) is 0 Å². The lowest BCUT2D eigenvalue weighted by Crippen LogP contribution is -2.38. The highest BCUT2D eigenvalue weighted by Crippen LogP contribution is 2.10. The fourth-order valence-electron chi connectivity index (χ4n) is 2.95. The highest BCUT2D eigenvalue weighted by atomic mass is 16.6. The summed E-state index contributed by atoms with van der Waals surface area (Å²) >= 11 is 0. The van der Waals surface area contributed by atoms with E-state index in [1.807, 2.05) is 30.3 Å². The first-order valence-corrected chi connectivity index (χ1v) is 9.49. The number of imide groups is 1. The first kappa shape index (κ1) is 19.4. The van der Waals surface area contributed by atoms with E-state index < -0.39 is 6.09 Å². The van der Waals surface area contributed by atoms with Crippen molar-refractivity contribution in [3.05, 3.63) is 35.9 Å². The Morgan fingerprint density at radius 1 is 0.960 bits per heavy atom. The van der Waals surface area contributed by atoms with Crippen LogP contribution in [0.15, 0.2) is 30.3 Å².